The number of hydrogen-bond donors (Lipinski definition) is 0. The minimum atomic E-state index is 0.847. The van der Waals surface area contributed by atoms with Crippen molar-refractivity contribution in [3.8, 4) is 22.4 Å². The van der Waals surface area contributed by atoms with Gasteiger partial charge in [-0.3, -0.25) is 4.98 Å². The molecular weight excluding hydrogens is 512 g/mol. The summed E-state index contributed by atoms with van der Waals surface area (Å²) < 4.78 is 6.29. The number of aromatic nitrogens is 1. The third-order valence-corrected chi connectivity index (χ3v) is 7.91. The van der Waals surface area contributed by atoms with Crippen molar-refractivity contribution in [3.63, 3.8) is 0 Å². The van der Waals surface area contributed by atoms with Gasteiger partial charge in [-0.15, -0.1) is 0 Å². The molecule has 3 nitrogen and oxygen atoms in total. The molecule has 3 heteroatoms. The molecule has 0 radical (unpaired) electrons. The van der Waals surface area contributed by atoms with E-state index in [1.165, 1.54) is 21.9 Å². The second-order valence-corrected chi connectivity index (χ2v) is 10.5. The lowest BCUT2D eigenvalue weighted by Gasteiger charge is -2.26. The molecule has 0 fully saturated rings. The van der Waals surface area contributed by atoms with Gasteiger partial charge in [0, 0.05) is 45.7 Å². The molecule has 0 unspecified atom stereocenters. The van der Waals surface area contributed by atoms with Crippen LogP contribution in [0.3, 0.4) is 0 Å². The zero-order chi connectivity index (χ0) is 27.9. The Morgan fingerprint density at radius 1 is 0.452 bits per heavy atom. The van der Waals surface area contributed by atoms with Crippen LogP contribution in [0, 0.1) is 0 Å². The Bertz CT molecular complexity index is 2170. The van der Waals surface area contributed by atoms with Crippen molar-refractivity contribution in [2.24, 2.45) is 0 Å². The Labute approximate surface area is 243 Å². The fourth-order valence-corrected chi connectivity index (χ4v) is 5.84. The Hall–Kier alpha value is -5.67. The van der Waals surface area contributed by atoms with Crippen LogP contribution in [0.2, 0.25) is 0 Å². The van der Waals surface area contributed by atoms with E-state index in [0.29, 0.717) is 0 Å². The molecule has 42 heavy (non-hydrogen) atoms. The van der Waals surface area contributed by atoms with Crippen LogP contribution >= 0.6 is 0 Å². The maximum Gasteiger partial charge on any atom is 0.139 e. The molecule has 0 aliphatic heterocycles. The SMILES string of the molecule is c1ccc(-c2ccc(N(c3ccccc3)c3ccc(-c4cc5oc6ccc7ccccc7c6c5cn4)cc3)cc2)cc1. The average Bonchev–Trinajstić information content (AvgIpc) is 3.45. The van der Waals surface area contributed by atoms with Crippen molar-refractivity contribution >= 4 is 49.8 Å². The standard InChI is InChI=1S/C39H26N2O/c1-3-9-27(10-4-1)28-15-20-32(21-16-28)41(31-12-5-2-6-13-31)33-22-17-30(18-23-33)36-25-38-35(26-40-36)39-34-14-8-7-11-29(34)19-24-37(39)42-38/h1-26H. The normalized spacial score (nSPS) is 11.3. The van der Waals surface area contributed by atoms with Crippen molar-refractivity contribution in [1.82, 2.24) is 4.98 Å². The number of furan rings is 1. The maximum absolute atomic E-state index is 6.29. The monoisotopic (exact) mass is 538 g/mol. The number of benzene rings is 6. The summed E-state index contributed by atoms with van der Waals surface area (Å²) >= 11 is 0. The van der Waals surface area contributed by atoms with E-state index in [2.05, 4.69) is 144 Å². The highest BCUT2D eigenvalue weighted by Gasteiger charge is 2.15. The summed E-state index contributed by atoms with van der Waals surface area (Å²) in [7, 11) is 0. The van der Waals surface area contributed by atoms with Crippen molar-refractivity contribution in [3.05, 3.63) is 158 Å². The van der Waals surface area contributed by atoms with Gasteiger partial charge in [0.1, 0.15) is 11.2 Å². The lowest BCUT2D eigenvalue weighted by Crippen LogP contribution is -2.09. The van der Waals surface area contributed by atoms with Crippen LogP contribution in [-0.2, 0) is 0 Å². The zero-order valence-electron chi connectivity index (χ0n) is 22.8. The molecule has 2 aromatic heterocycles. The smallest absolute Gasteiger partial charge is 0.139 e. The summed E-state index contributed by atoms with van der Waals surface area (Å²) in [6, 6.07) is 52.9. The molecule has 2 heterocycles. The molecule has 0 saturated carbocycles. The van der Waals surface area contributed by atoms with Gasteiger partial charge in [0.2, 0.25) is 0 Å². The lowest BCUT2D eigenvalue weighted by atomic mass is 10.0. The van der Waals surface area contributed by atoms with Crippen LogP contribution in [0.4, 0.5) is 17.1 Å². The fraction of sp³-hybridized carbons (Fsp3) is 0. The molecule has 0 aliphatic rings. The largest absolute Gasteiger partial charge is 0.456 e. The summed E-state index contributed by atoms with van der Waals surface area (Å²) in [5, 5.41) is 4.54. The Morgan fingerprint density at radius 3 is 1.79 bits per heavy atom. The van der Waals surface area contributed by atoms with Gasteiger partial charge in [0.25, 0.3) is 0 Å². The quantitative estimate of drug-likeness (QED) is 0.218. The highest BCUT2D eigenvalue weighted by atomic mass is 16.3. The third kappa shape index (κ3) is 4.20. The van der Waals surface area contributed by atoms with Gasteiger partial charge in [0.15, 0.2) is 0 Å². The molecule has 0 bridgehead atoms. The molecule has 0 amide bonds. The Morgan fingerprint density at radius 2 is 1.05 bits per heavy atom. The molecule has 0 atom stereocenters. The fourth-order valence-electron chi connectivity index (χ4n) is 5.84. The molecule has 198 valence electrons. The maximum atomic E-state index is 6.29. The van der Waals surface area contributed by atoms with Crippen molar-refractivity contribution in [2.45, 2.75) is 0 Å². The van der Waals surface area contributed by atoms with Crippen LogP contribution < -0.4 is 4.90 Å². The van der Waals surface area contributed by atoms with Gasteiger partial charge in [-0.25, -0.2) is 0 Å². The molecular formula is C39H26N2O. The van der Waals surface area contributed by atoms with Gasteiger partial charge >= 0.3 is 0 Å². The van der Waals surface area contributed by atoms with Crippen molar-refractivity contribution in [2.75, 3.05) is 4.90 Å². The first-order chi connectivity index (χ1) is 20.8. The van der Waals surface area contributed by atoms with Crippen molar-refractivity contribution in [1.29, 1.82) is 0 Å². The van der Waals surface area contributed by atoms with Crippen LogP contribution in [-0.4, -0.2) is 4.98 Å². The molecule has 0 saturated heterocycles. The molecule has 8 aromatic rings. The van der Waals surface area contributed by atoms with Crippen LogP contribution in [0.5, 0.6) is 0 Å². The average molecular weight is 539 g/mol. The first-order valence-electron chi connectivity index (χ1n) is 14.1. The van der Waals surface area contributed by atoms with Gasteiger partial charge in [-0.05, 0) is 64.4 Å². The Balaban J connectivity index is 1.16. The number of rotatable bonds is 5. The van der Waals surface area contributed by atoms with Crippen LogP contribution in [0.25, 0.3) is 55.1 Å². The number of anilines is 3. The second-order valence-electron chi connectivity index (χ2n) is 10.5. The molecule has 8 rings (SSSR count). The molecule has 0 N–H and O–H groups in total. The zero-order valence-corrected chi connectivity index (χ0v) is 22.8. The summed E-state index contributed by atoms with van der Waals surface area (Å²) in [5.74, 6) is 0. The minimum absolute atomic E-state index is 0.847. The van der Waals surface area contributed by atoms with Gasteiger partial charge in [0.05, 0.1) is 5.69 Å². The van der Waals surface area contributed by atoms with E-state index in [-0.39, 0.29) is 0 Å². The second kappa shape index (κ2) is 10.1. The highest BCUT2D eigenvalue weighted by molar-refractivity contribution is 6.18. The first-order valence-corrected chi connectivity index (χ1v) is 14.1. The van der Waals surface area contributed by atoms with E-state index in [1.807, 2.05) is 18.3 Å². The predicted octanol–water partition coefficient (Wildman–Crippen LogP) is 10.9. The highest BCUT2D eigenvalue weighted by Crippen LogP contribution is 2.38. The third-order valence-electron chi connectivity index (χ3n) is 7.91. The number of pyridine rings is 1. The number of para-hydroxylation sites is 1. The minimum Gasteiger partial charge on any atom is -0.456 e. The summed E-state index contributed by atoms with van der Waals surface area (Å²) in [6.07, 6.45) is 1.95. The van der Waals surface area contributed by atoms with E-state index >= 15 is 0 Å². The summed E-state index contributed by atoms with van der Waals surface area (Å²) in [5.41, 5.74) is 9.34. The predicted molar refractivity (Wildman–Crippen MR) is 175 cm³/mol. The van der Waals surface area contributed by atoms with E-state index in [9.17, 15) is 0 Å². The van der Waals surface area contributed by atoms with Crippen LogP contribution in [0.1, 0.15) is 0 Å². The van der Waals surface area contributed by atoms with Gasteiger partial charge in [-0.1, -0.05) is 103 Å². The van der Waals surface area contributed by atoms with Gasteiger partial charge in [-0.2, -0.15) is 0 Å². The van der Waals surface area contributed by atoms with E-state index in [0.717, 1.165) is 50.3 Å². The Kier molecular flexibility index (Phi) is 5.79. The lowest BCUT2D eigenvalue weighted by molar-refractivity contribution is 0.669. The van der Waals surface area contributed by atoms with E-state index < -0.39 is 0 Å². The van der Waals surface area contributed by atoms with E-state index in [4.69, 9.17) is 9.40 Å². The number of nitrogens with zero attached hydrogens (tertiary/aromatic N) is 2. The van der Waals surface area contributed by atoms with E-state index in [1.54, 1.807) is 0 Å². The first kappa shape index (κ1) is 24.2. The van der Waals surface area contributed by atoms with Crippen LogP contribution in [0.15, 0.2) is 162 Å². The molecule has 0 spiro atoms. The van der Waals surface area contributed by atoms with Crippen molar-refractivity contribution < 1.29 is 4.42 Å². The number of hydrogen-bond acceptors (Lipinski definition) is 3. The number of fused-ring (bicyclic) bond motifs is 5. The topological polar surface area (TPSA) is 29.3 Å². The summed E-state index contributed by atoms with van der Waals surface area (Å²) in [6.45, 7) is 0. The molecule has 0 aliphatic carbocycles. The summed E-state index contributed by atoms with van der Waals surface area (Å²) in [4.78, 5) is 7.14. The molecule has 6 aromatic carbocycles. The van der Waals surface area contributed by atoms with Gasteiger partial charge < -0.3 is 9.32 Å².